The Morgan fingerprint density at radius 2 is 2.05 bits per heavy atom. The van der Waals surface area contributed by atoms with Gasteiger partial charge in [0.15, 0.2) is 0 Å². The lowest BCUT2D eigenvalue weighted by Gasteiger charge is -2.39. The minimum absolute atomic E-state index is 0.217. The molecule has 20 heavy (non-hydrogen) atoms. The van der Waals surface area contributed by atoms with E-state index >= 15 is 0 Å². The Kier molecular flexibility index (Phi) is 5.44. The quantitative estimate of drug-likeness (QED) is 0.825. The summed E-state index contributed by atoms with van der Waals surface area (Å²) in [4.78, 5) is 15.1. The molecule has 0 spiro atoms. The molecule has 116 valence electrons. The maximum absolute atomic E-state index is 12.7. The van der Waals surface area contributed by atoms with Crippen molar-refractivity contribution in [1.82, 2.24) is 10.2 Å². The zero-order valence-electron chi connectivity index (χ0n) is 13.2. The van der Waals surface area contributed by atoms with Crippen LogP contribution < -0.4 is 11.1 Å². The molecular formula is C16H31N3O. The summed E-state index contributed by atoms with van der Waals surface area (Å²) in [6.07, 6.45) is 6.49. The summed E-state index contributed by atoms with van der Waals surface area (Å²) in [5.74, 6) is 0.961. The molecule has 0 aromatic carbocycles. The van der Waals surface area contributed by atoms with Crippen molar-refractivity contribution in [2.45, 2.75) is 58.4 Å². The number of hydrogen-bond acceptors (Lipinski definition) is 3. The molecule has 0 aromatic rings. The summed E-state index contributed by atoms with van der Waals surface area (Å²) in [6.45, 7) is 8.20. The Balaban J connectivity index is 1.92. The highest BCUT2D eigenvalue weighted by Gasteiger charge is 2.40. The van der Waals surface area contributed by atoms with Crippen LogP contribution in [0.3, 0.4) is 0 Å². The van der Waals surface area contributed by atoms with Gasteiger partial charge in [0.25, 0.3) is 0 Å². The summed E-state index contributed by atoms with van der Waals surface area (Å²) in [5, 5.41) is 3.30. The average molecular weight is 281 g/mol. The Labute approximate surface area is 123 Å². The van der Waals surface area contributed by atoms with Crippen LogP contribution >= 0.6 is 0 Å². The molecule has 4 nitrogen and oxygen atoms in total. The lowest BCUT2D eigenvalue weighted by atomic mass is 9.70. The smallest absolute Gasteiger partial charge is 0.227 e. The number of amides is 1. The van der Waals surface area contributed by atoms with Crippen molar-refractivity contribution in [3.8, 4) is 0 Å². The van der Waals surface area contributed by atoms with Crippen molar-refractivity contribution in [3.63, 3.8) is 0 Å². The van der Waals surface area contributed by atoms with E-state index < -0.39 is 0 Å². The van der Waals surface area contributed by atoms with Crippen LogP contribution in [0.2, 0.25) is 0 Å². The SMILES string of the molecule is CCN1CCCC(NC(=O)C2(CN)CCC(C)CC2)C1. The van der Waals surface area contributed by atoms with Gasteiger partial charge in [0.1, 0.15) is 0 Å². The fraction of sp³-hybridized carbons (Fsp3) is 0.938. The van der Waals surface area contributed by atoms with Gasteiger partial charge in [-0.2, -0.15) is 0 Å². The summed E-state index contributed by atoms with van der Waals surface area (Å²) in [5.41, 5.74) is 5.68. The second-order valence-corrected chi connectivity index (χ2v) is 6.87. The molecule has 1 aliphatic heterocycles. The van der Waals surface area contributed by atoms with Crippen LogP contribution in [0.15, 0.2) is 0 Å². The molecule has 1 saturated heterocycles. The second-order valence-electron chi connectivity index (χ2n) is 6.87. The zero-order valence-corrected chi connectivity index (χ0v) is 13.2. The molecule has 1 unspecified atom stereocenters. The molecular weight excluding hydrogens is 250 g/mol. The molecule has 2 aliphatic rings. The predicted molar refractivity (Wildman–Crippen MR) is 82.4 cm³/mol. The van der Waals surface area contributed by atoms with Crippen LogP contribution in [0.25, 0.3) is 0 Å². The van der Waals surface area contributed by atoms with Gasteiger partial charge in [-0.3, -0.25) is 4.79 Å². The number of hydrogen-bond donors (Lipinski definition) is 2. The van der Waals surface area contributed by atoms with Gasteiger partial charge in [0, 0.05) is 19.1 Å². The largest absolute Gasteiger partial charge is 0.352 e. The van der Waals surface area contributed by atoms with Crippen LogP contribution in [0.5, 0.6) is 0 Å². The highest BCUT2D eigenvalue weighted by Crippen LogP contribution is 2.38. The van der Waals surface area contributed by atoms with E-state index in [1.54, 1.807) is 0 Å². The number of likely N-dealkylation sites (N-methyl/N-ethyl adjacent to an activating group) is 1. The van der Waals surface area contributed by atoms with Gasteiger partial charge in [-0.25, -0.2) is 0 Å². The first-order valence-corrected chi connectivity index (χ1v) is 8.33. The van der Waals surface area contributed by atoms with Gasteiger partial charge in [-0.05, 0) is 57.5 Å². The summed E-state index contributed by atoms with van der Waals surface area (Å²) in [7, 11) is 0. The molecule has 0 radical (unpaired) electrons. The van der Waals surface area contributed by atoms with E-state index in [9.17, 15) is 4.79 Å². The van der Waals surface area contributed by atoms with Crippen molar-refractivity contribution in [3.05, 3.63) is 0 Å². The number of nitrogens with one attached hydrogen (secondary N) is 1. The van der Waals surface area contributed by atoms with Crippen LogP contribution in [0.1, 0.15) is 52.4 Å². The van der Waals surface area contributed by atoms with E-state index in [2.05, 4.69) is 24.1 Å². The molecule has 1 aliphatic carbocycles. The van der Waals surface area contributed by atoms with E-state index in [0.29, 0.717) is 12.6 Å². The summed E-state index contributed by atoms with van der Waals surface area (Å²) >= 11 is 0. The normalized spacial score (nSPS) is 35.8. The Hall–Kier alpha value is -0.610. The summed E-state index contributed by atoms with van der Waals surface area (Å²) < 4.78 is 0. The molecule has 1 saturated carbocycles. The molecule has 1 heterocycles. The lowest BCUT2D eigenvalue weighted by molar-refractivity contribution is -0.134. The van der Waals surface area contributed by atoms with E-state index in [-0.39, 0.29) is 11.3 Å². The van der Waals surface area contributed by atoms with E-state index in [0.717, 1.165) is 51.1 Å². The maximum atomic E-state index is 12.7. The third kappa shape index (κ3) is 3.53. The fourth-order valence-electron chi connectivity index (χ4n) is 3.64. The third-order valence-corrected chi connectivity index (χ3v) is 5.39. The van der Waals surface area contributed by atoms with Crippen LogP contribution in [0.4, 0.5) is 0 Å². The van der Waals surface area contributed by atoms with Crippen molar-refractivity contribution < 1.29 is 4.79 Å². The van der Waals surface area contributed by atoms with E-state index in [1.807, 2.05) is 0 Å². The molecule has 1 atom stereocenters. The van der Waals surface area contributed by atoms with Gasteiger partial charge in [-0.1, -0.05) is 13.8 Å². The van der Waals surface area contributed by atoms with Gasteiger partial charge >= 0.3 is 0 Å². The Bertz CT molecular complexity index is 324. The lowest BCUT2D eigenvalue weighted by Crippen LogP contribution is -2.54. The molecule has 0 aromatic heterocycles. The van der Waals surface area contributed by atoms with Crippen molar-refractivity contribution in [1.29, 1.82) is 0 Å². The monoisotopic (exact) mass is 281 g/mol. The van der Waals surface area contributed by atoms with Crippen LogP contribution in [0, 0.1) is 11.3 Å². The van der Waals surface area contributed by atoms with Gasteiger partial charge < -0.3 is 16.0 Å². The molecule has 0 bridgehead atoms. The number of nitrogens with zero attached hydrogens (tertiary/aromatic N) is 1. The van der Waals surface area contributed by atoms with Gasteiger partial charge in [0.2, 0.25) is 5.91 Å². The standard InChI is InChI=1S/C16H31N3O/c1-3-19-10-4-5-14(11-19)18-15(20)16(12-17)8-6-13(2)7-9-16/h13-14H,3-12,17H2,1-2H3,(H,18,20). The Morgan fingerprint density at radius 3 is 2.65 bits per heavy atom. The van der Waals surface area contributed by atoms with Crippen LogP contribution in [-0.2, 0) is 4.79 Å². The molecule has 3 N–H and O–H groups in total. The van der Waals surface area contributed by atoms with Gasteiger partial charge in [-0.15, -0.1) is 0 Å². The van der Waals surface area contributed by atoms with Crippen molar-refractivity contribution in [2.75, 3.05) is 26.2 Å². The van der Waals surface area contributed by atoms with Gasteiger partial charge in [0.05, 0.1) is 5.41 Å². The number of carbonyl (C=O) groups is 1. The average Bonchev–Trinajstić information content (AvgIpc) is 2.48. The number of piperidine rings is 1. The molecule has 2 fully saturated rings. The first kappa shape index (κ1) is 15.8. The third-order valence-electron chi connectivity index (χ3n) is 5.39. The first-order valence-electron chi connectivity index (χ1n) is 8.33. The number of likely N-dealkylation sites (tertiary alicyclic amines) is 1. The number of nitrogens with two attached hydrogens (primary N) is 1. The highest BCUT2D eigenvalue weighted by atomic mass is 16.2. The minimum atomic E-state index is -0.291. The van der Waals surface area contributed by atoms with E-state index in [1.165, 1.54) is 13.0 Å². The Morgan fingerprint density at radius 1 is 1.35 bits per heavy atom. The number of rotatable bonds is 4. The zero-order chi connectivity index (χ0) is 14.6. The molecule has 1 amide bonds. The van der Waals surface area contributed by atoms with Crippen LogP contribution in [-0.4, -0.2) is 43.0 Å². The highest BCUT2D eigenvalue weighted by molar-refractivity contribution is 5.83. The summed E-state index contributed by atoms with van der Waals surface area (Å²) in [6, 6.07) is 0.318. The van der Waals surface area contributed by atoms with Crippen molar-refractivity contribution in [2.24, 2.45) is 17.1 Å². The van der Waals surface area contributed by atoms with E-state index in [4.69, 9.17) is 5.73 Å². The molecule has 2 rings (SSSR count). The van der Waals surface area contributed by atoms with Crippen molar-refractivity contribution >= 4 is 5.91 Å². The molecule has 4 heteroatoms. The first-order chi connectivity index (χ1) is 9.59. The minimum Gasteiger partial charge on any atom is -0.352 e. The maximum Gasteiger partial charge on any atom is 0.227 e. The predicted octanol–water partition coefficient (Wildman–Crippen LogP) is 1.74. The number of carbonyl (C=O) groups excluding carboxylic acids is 1. The fourth-order valence-corrected chi connectivity index (χ4v) is 3.64. The topological polar surface area (TPSA) is 58.4 Å². The second kappa shape index (κ2) is 6.90.